The van der Waals surface area contributed by atoms with Gasteiger partial charge in [0.2, 0.25) is 0 Å². The first-order chi connectivity index (χ1) is 13.7. The number of rotatable bonds is 5. The lowest BCUT2D eigenvalue weighted by atomic mass is 10.2. The minimum atomic E-state index is -0.00819. The molecule has 0 aliphatic carbocycles. The molecule has 28 heavy (non-hydrogen) atoms. The van der Waals surface area contributed by atoms with Crippen LogP contribution < -0.4 is 5.32 Å². The zero-order chi connectivity index (χ0) is 19.5. The summed E-state index contributed by atoms with van der Waals surface area (Å²) in [5, 5.41) is 3.09. The van der Waals surface area contributed by atoms with Crippen molar-refractivity contribution < 1.29 is 4.79 Å². The summed E-state index contributed by atoms with van der Waals surface area (Å²) < 4.78 is 2.24. The number of carbonyl (C=O) groups is 1. The zero-order valence-corrected chi connectivity index (χ0v) is 17.2. The van der Waals surface area contributed by atoms with Crippen LogP contribution in [-0.4, -0.2) is 33.3 Å². The normalized spacial score (nSPS) is 16.6. The first-order valence-corrected chi connectivity index (χ1v) is 11.1. The van der Waals surface area contributed by atoms with E-state index in [2.05, 4.69) is 53.4 Å². The van der Waals surface area contributed by atoms with Crippen molar-refractivity contribution in [2.75, 3.05) is 12.8 Å². The van der Waals surface area contributed by atoms with E-state index in [4.69, 9.17) is 4.98 Å². The lowest BCUT2D eigenvalue weighted by Gasteiger charge is -2.25. The van der Waals surface area contributed by atoms with E-state index in [9.17, 15) is 4.79 Å². The van der Waals surface area contributed by atoms with Crippen molar-refractivity contribution in [1.82, 2.24) is 19.8 Å². The van der Waals surface area contributed by atoms with Gasteiger partial charge in [-0.1, -0.05) is 24.3 Å². The quantitative estimate of drug-likeness (QED) is 0.631. The van der Waals surface area contributed by atoms with E-state index in [1.54, 1.807) is 11.8 Å². The van der Waals surface area contributed by atoms with Crippen molar-refractivity contribution in [3.05, 3.63) is 59.9 Å². The van der Waals surface area contributed by atoms with E-state index in [1.807, 2.05) is 23.1 Å². The van der Waals surface area contributed by atoms with Crippen LogP contribution >= 0.6 is 11.8 Å². The molecule has 0 spiro atoms. The second kappa shape index (κ2) is 8.27. The van der Waals surface area contributed by atoms with Crippen molar-refractivity contribution in [3.63, 3.8) is 0 Å². The van der Waals surface area contributed by atoms with Crippen LogP contribution in [-0.2, 0) is 13.1 Å². The first-order valence-electron chi connectivity index (χ1n) is 9.84. The standard InChI is InChI=1S/C22H26N4OS/c1-3-25-19-8-5-4-7-18(19)24-21(25)20-9-6-14-26(20)22(27)23-15-16-10-12-17(28-2)13-11-16/h4-5,7-8,10-13,20H,3,6,9,14-15H2,1-2H3,(H,23,27). The molecule has 1 N–H and O–H groups in total. The van der Waals surface area contributed by atoms with Crippen LogP contribution in [0.4, 0.5) is 4.79 Å². The average Bonchev–Trinajstić information content (AvgIpc) is 3.36. The third-order valence-corrected chi connectivity index (χ3v) is 6.16. The minimum Gasteiger partial charge on any atom is -0.334 e. The monoisotopic (exact) mass is 394 g/mol. The van der Waals surface area contributed by atoms with E-state index in [0.29, 0.717) is 6.54 Å². The number of aromatic nitrogens is 2. The van der Waals surface area contributed by atoms with Gasteiger partial charge >= 0.3 is 6.03 Å². The lowest BCUT2D eigenvalue weighted by Crippen LogP contribution is -2.39. The number of thioether (sulfide) groups is 1. The molecule has 0 bridgehead atoms. The van der Waals surface area contributed by atoms with E-state index < -0.39 is 0 Å². The van der Waals surface area contributed by atoms with Gasteiger partial charge in [-0.05, 0) is 55.9 Å². The molecule has 1 aliphatic rings. The summed E-state index contributed by atoms with van der Waals surface area (Å²) in [5.41, 5.74) is 3.25. The fourth-order valence-electron chi connectivity index (χ4n) is 3.98. The van der Waals surface area contributed by atoms with Gasteiger partial charge in [0.1, 0.15) is 5.82 Å². The number of urea groups is 1. The van der Waals surface area contributed by atoms with Gasteiger partial charge in [-0.3, -0.25) is 0 Å². The van der Waals surface area contributed by atoms with Gasteiger partial charge in [0.05, 0.1) is 17.1 Å². The molecule has 0 saturated carbocycles. The number of hydrogen-bond acceptors (Lipinski definition) is 3. The highest BCUT2D eigenvalue weighted by Crippen LogP contribution is 2.33. The molecule has 1 saturated heterocycles. The van der Waals surface area contributed by atoms with Crippen LogP contribution in [0.2, 0.25) is 0 Å². The SMILES string of the molecule is CCn1c(C2CCCN2C(=O)NCc2ccc(SC)cc2)nc2ccccc21. The summed E-state index contributed by atoms with van der Waals surface area (Å²) in [6.07, 6.45) is 4.03. The molecular weight excluding hydrogens is 368 g/mol. The van der Waals surface area contributed by atoms with Crippen molar-refractivity contribution in [2.24, 2.45) is 0 Å². The Bertz CT molecular complexity index is 966. The number of para-hydroxylation sites is 2. The van der Waals surface area contributed by atoms with Crippen LogP contribution in [0.25, 0.3) is 11.0 Å². The molecule has 146 valence electrons. The molecule has 5 nitrogen and oxygen atoms in total. The molecule has 1 atom stereocenters. The smallest absolute Gasteiger partial charge is 0.318 e. The van der Waals surface area contributed by atoms with Gasteiger partial charge in [0.25, 0.3) is 0 Å². The Hall–Kier alpha value is -2.47. The van der Waals surface area contributed by atoms with Crippen LogP contribution in [0.3, 0.4) is 0 Å². The second-order valence-electron chi connectivity index (χ2n) is 7.06. The van der Waals surface area contributed by atoms with E-state index in [-0.39, 0.29) is 12.1 Å². The van der Waals surface area contributed by atoms with Gasteiger partial charge in [-0.25, -0.2) is 9.78 Å². The molecule has 2 amide bonds. The van der Waals surface area contributed by atoms with Gasteiger partial charge < -0.3 is 14.8 Å². The number of benzene rings is 2. The number of nitrogens with zero attached hydrogens (tertiary/aromatic N) is 3. The minimum absolute atomic E-state index is 0.00819. The molecule has 1 fully saturated rings. The van der Waals surface area contributed by atoms with E-state index >= 15 is 0 Å². The van der Waals surface area contributed by atoms with Gasteiger partial charge in [0, 0.05) is 24.5 Å². The molecule has 1 aromatic heterocycles. The summed E-state index contributed by atoms with van der Waals surface area (Å²) in [6, 6.07) is 16.6. The molecule has 1 unspecified atom stereocenters. The van der Waals surface area contributed by atoms with Crippen molar-refractivity contribution >= 4 is 28.8 Å². The maximum Gasteiger partial charge on any atom is 0.318 e. The molecule has 2 heterocycles. The first kappa shape index (κ1) is 18.9. The highest BCUT2D eigenvalue weighted by molar-refractivity contribution is 7.98. The number of fused-ring (bicyclic) bond motifs is 1. The number of carbonyl (C=O) groups excluding carboxylic acids is 1. The number of imidazole rings is 1. The van der Waals surface area contributed by atoms with Crippen LogP contribution in [0.5, 0.6) is 0 Å². The third-order valence-electron chi connectivity index (χ3n) is 5.41. The summed E-state index contributed by atoms with van der Waals surface area (Å²) in [6.45, 7) is 4.30. The lowest BCUT2D eigenvalue weighted by molar-refractivity contribution is 0.189. The number of hydrogen-bond donors (Lipinski definition) is 1. The predicted octanol–water partition coefficient (Wildman–Crippen LogP) is 4.82. The Labute approximate surface area is 170 Å². The average molecular weight is 395 g/mol. The maximum atomic E-state index is 12.9. The van der Waals surface area contributed by atoms with Crippen molar-refractivity contribution in [3.8, 4) is 0 Å². The number of amides is 2. The zero-order valence-electron chi connectivity index (χ0n) is 16.4. The summed E-state index contributed by atoms with van der Waals surface area (Å²) in [4.78, 5) is 21.0. The third kappa shape index (κ3) is 3.61. The number of likely N-dealkylation sites (tertiary alicyclic amines) is 1. The Morgan fingerprint density at radius 2 is 2.00 bits per heavy atom. The van der Waals surface area contributed by atoms with Crippen LogP contribution in [0.1, 0.15) is 37.2 Å². The second-order valence-corrected chi connectivity index (χ2v) is 7.94. The molecule has 6 heteroatoms. The van der Waals surface area contributed by atoms with E-state index in [0.717, 1.165) is 48.4 Å². The predicted molar refractivity (Wildman–Crippen MR) is 115 cm³/mol. The Morgan fingerprint density at radius 3 is 2.75 bits per heavy atom. The fraction of sp³-hybridized carbons (Fsp3) is 0.364. The van der Waals surface area contributed by atoms with Crippen LogP contribution in [0.15, 0.2) is 53.4 Å². The maximum absolute atomic E-state index is 12.9. The molecule has 2 aromatic carbocycles. The Balaban J connectivity index is 1.50. The molecule has 4 rings (SSSR count). The Kier molecular flexibility index (Phi) is 5.57. The highest BCUT2D eigenvalue weighted by atomic mass is 32.2. The molecular formula is C22H26N4OS. The van der Waals surface area contributed by atoms with Crippen LogP contribution in [0, 0.1) is 0 Å². The molecule has 0 radical (unpaired) electrons. The molecule has 1 aliphatic heterocycles. The van der Waals surface area contributed by atoms with Crippen molar-refractivity contribution in [2.45, 2.75) is 43.8 Å². The van der Waals surface area contributed by atoms with Crippen molar-refractivity contribution in [1.29, 1.82) is 0 Å². The fourth-order valence-corrected chi connectivity index (χ4v) is 4.39. The number of aryl methyl sites for hydroxylation is 1. The summed E-state index contributed by atoms with van der Waals surface area (Å²) in [5.74, 6) is 1.00. The van der Waals surface area contributed by atoms with Gasteiger partial charge in [-0.2, -0.15) is 0 Å². The van der Waals surface area contributed by atoms with Gasteiger partial charge in [0.15, 0.2) is 0 Å². The molecule has 3 aromatic rings. The number of nitrogens with one attached hydrogen (secondary N) is 1. The van der Waals surface area contributed by atoms with E-state index in [1.165, 1.54) is 4.90 Å². The van der Waals surface area contributed by atoms with Gasteiger partial charge in [-0.15, -0.1) is 11.8 Å². The largest absolute Gasteiger partial charge is 0.334 e. The summed E-state index contributed by atoms with van der Waals surface area (Å²) >= 11 is 1.72. The Morgan fingerprint density at radius 1 is 1.21 bits per heavy atom. The summed E-state index contributed by atoms with van der Waals surface area (Å²) in [7, 11) is 0. The topological polar surface area (TPSA) is 50.2 Å². The highest BCUT2D eigenvalue weighted by Gasteiger charge is 2.33.